The van der Waals surface area contributed by atoms with Crippen LogP contribution in [0, 0.1) is 0 Å². The molecule has 0 bridgehead atoms. The minimum Gasteiger partial charge on any atom is -0.394 e. The van der Waals surface area contributed by atoms with E-state index in [0.29, 0.717) is 12.2 Å². The van der Waals surface area contributed by atoms with E-state index in [9.17, 15) is 0 Å². The summed E-state index contributed by atoms with van der Waals surface area (Å²) in [6.07, 6.45) is 1.17. The first kappa shape index (κ1) is 11.8. The van der Waals surface area contributed by atoms with Crippen LogP contribution in [0.4, 0.5) is 0 Å². The van der Waals surface area contributed by atoms with Crippen LogP contribution < -0.4 is 0 Å². The minimum atomic E-state index is -0.125. The van der Waals surface area contributed by atoms with E-state index in [1.807, 2.05) is 0 Å². The van der Waals surface area contributed by atoms with Gasteiger partial charge in [-0.3, -0.25) is 0 Å². The molecule has 12 heavy (non-hydrogen) atoms. The topological polar surface area (TPSA) is 65.5 Å². The fraction of sp³-hybridized carbons (Fsp3) is 1.00. The third kappa shape index (κ3) is 16.4. The average molecular weight is 178 g/mol. The highest BCUT2D eigenvalue weighted by molar-refractivity contribution is 4.58. The maximum atomic E-state index is 7.62. The first-order valence-electron chi connectivity index (χ1n) is 4.15. The summed E-state index contributed by atoms with van der Waals surface area (Å²) in [5.41, 5.74) is 0. The van der Waals surface area contributed by atoms with Crippen molar-refractivity contribution in [1.29, 1.82) is 0 Å². The van der Waals surface area contributed by atoms with Gasteiger partial charge in [-0.1, -0.05) is 0 Å². The van der Waals surface area contributed by atoms with Gasteiger partial charge in [0.25, 0.3) is 0 Å². The molecule has 74 valence electrons. The van der Waals surface area contributed by atoms with Gasteiger partial charge >= 0.3 is 0 Å². The van der Waals surface area contributed by atoms with Crippen LogP contribution in [0.15, 0.2) is 0 Å². The lowest BCUT2D eigenvalue weighted by atomic mass is 10.6. The number of aliphatic hydroxyl groups is 2. The lowest BCUT2D eigenvalue weighted by molar-refractivity contribution is 0.186. The molecule has 4 heteroatoms. The first-order chi connectivity index (χ1) is 5.70. The van der Waals surface area contributed by atoms with Crippen molar-refractivity contribution in [2.24, 2.45) is 0 Å². The molecule has 0 radical (unpaired) electrons. The quantitative estimate of drug-likeness (QED) is 0.545. The number of aliphatic hydroxyl groups excluding tert-OH is 2. The predicted molar refractivity (Wildman–Crippen MR) is 45.0 cm³/mol. The Hall–Kier alpha value is -0.160. The average Bonchev–Trinajstić information content (AvgIpc) is 2.94. The Bertz CT molecular complexity index is 77.1. The number of hydrogen-bond acceptors (Lipinski definition) is 4. The van der Waals surface area contributed by atoms with Crippen LogP contribution in [0.3, 0.4) is 0 Å². The molecule has 4 nitrogen and oxygen atoms in total. The van der Waals surface area contributed by atoms with Crippen LogP contribution in [0.1, 0.15) is 13.8 Å². The largest absolute Gasteiger partial charge is 0.394 e. The van der Waals surface area contributed by atoms with E-state index in [-0.39, 0.29) is 13.2 Å². The van der Waals surface area contributed by atoms with Gasteiger partial charge in [0.15, 0.2) is 0 Å². The standard InChI is InChI=1S/2C3H6O.C2H6O2/c2*1-3-2-4-3;3-1-2-4/h2*3H,2H2,1H3;3-4H,1-2H2. The second-order valence-corrected chi connectivity index (χ2v) is 2.74. The van der Waals surface area contributed by atoms with Gasteiger partial charge in [0, 0.05) is 0 Å². The van der Waals surface area contributed by atoms with Gasteiger partial charge in [0.1, 0.15) is 0 Å². The number of epoxide rings is 2. The Labute approximate surface area is 73.1 Å². The maximum Gasteiger partial charge on any atom is 0.0781 e. The first-order valence-corrected chi connectivity index (χ1v) is 4.15. The zero-order valence-electron chi connectivity index (χ0n) is 7.69. The molecule has 0 amide bonds. The lowest BCUT2D eigenvalue weighted by Gasteiger charge is -1.70. The molecular weight excluding hydrogens is 160 g/mol. The van der Waals surface area contributed by atoms with E-state index < -0.39 is 0 Å². The van der Waals surface area contributed by atoms with Crippen LogP contribution in [-0.2, 0) is 9.47 Å². The Morgan fingerprint density at radius 3 is 1.17 bits per heavy atom. The van der Waals surface area contributed by atoms with E-state index >= 15 is 0 Å². The zero-order chi connectivity index (χ0) is 9.40. The Balaban J connectivity index is 0.000000151. The summed E-state index contributed by atoms with van der Waals surface area (Å²) in [5, 5.41) is 15.2. The molecule has 2 aliphatic rings. The Morgan fingerprint density at radius 2 is 1.17 bits per heavy atom. The lowest BCUT2D eigenvalue weighted by Crippen LogP contribution is -1.85. The molecule has 2 rings (SSSR count). The van der Waals surface area contributed by atoms with Crippen molar-refractivity contribution < 1.29 is 19.7 Å². The molecule has 2 N–H and O–H groups in total. The van der Waals surface area contributed by atoms with Crippen LogP contribution in [-0.4, -0.2) is 48.8 Å². The van der Waals surface area contributed by atoms with Crippen LogP contribution >= 0.6 is 0 Å². The monoisotopic (exact) mass is 178 g/mol. The third-order valence-corrected chi connectivity index (χ3v) is 1.10. The van der Waals surface area contributed by atoms with Gasteiger partial charge < -0.3 is 19.7 Å². The van der Waals surface area contributed by atoms with Gasteiger partial charge in [-0.2, -0.15) is 0 Å². The summed E-state index contributed by atoms with van der Waals surface area (Å²) in [4.78, 5) is 0. The molecule has 0 saturated carbocycles. The van der Waals surface area contributed by atoms with E-state index in [2.05, 4.69) is 13.8 Å². The van der Waals surface area contributed by atoms with E-state index in [0.717, 1.165) is 13.2 Å². The van der Waals surface area contributed by atoms with Crippen LogP contribution in [0.5, 0.6) is 0 Å². The Morgan fingerprint density at radius 1 is 1.00 bits per heavy atom. The van der Waals surface area contributed by atoms with E-state index in [1.165, 1.54) is 0 Å². The van der Waals surface area contributed by atoms with Gasteiger partial charge in [-0.15, -0.1) is 0 Å². The summed E-state index contributed by atoms with van der Waals surface area (Å²) >= 11 is 0. The molecule has 2 heterocycles. The number of rotatable bonds is 1. The molecule has 0 aliphatic carbocycles. The zero-order valence-corrected chi connectivity index (χ0v) is 7.69. The fourth-order valence-electron chi connectivity index (χ4n) is 0.192. The fourth-order valence-corrected chi connectivity index (χ4v) is 0.192. The third-order valence-electron chi connectivity index (χ3n) is 1.10. The molecule has 2 fully saturated rings. The van der Waals surface area contributed by atoms with Crippen molar-refractivity contribution in [2.75, 3.05) is 26.4 Å². The molecule has 0 aromatic rings. The van der Waals surface area contributed by atoms with Crippen molar-refractivity contribution >= 4 is 0 Å². The van der Waals surface area contributed by atoms with Crippen molar-refractivity contribution in [3.8, 4) is 0 Å². The SMILES string of the molecule is CC1CO1.CC1CO1.OCCO. The predicted octanol–water partition coefficient (Wildman–Crippen LogP) is -0.219. The van der Waals surface area contributed by atoms with Crippen molar-refractivity contribution in [3.63, 3.8) is 0 Å². The van der Waals surface area contributed by atoms with Gasteiger partial charge in [-0.25, -0.2) is 0 Å². The highest BCUT2D eigenvalue weighted by Gasteiger charge is 2.13. The van der Waals surface area contributed by atoms with Crippen molar-refractivity contribution in [3.05, 3.63) is 0 Å². The summed E-state index contributed by atoms with van der Waals surface area (Å²) in [6.45, 7) is 5.83. The van der Waals surface area contributed by atoms with Crippen molar-refractivity contribution in [2.45, 2.75) is 26.1 Å². The molecule has 2 atom stereocenters. The molecule has 0 aromatic carbocycles. The molecule has 0 aromatic heterocycles. The van der Waals surface area contributed by atoms with Crippen molar-refractivity contribution in [1.82, 2.24) is 0 Å². The van der Waals surface area contributed by atoms with Crippen LogP contribution in [0.25, 0.3) is 0 Å². The highest BCUT2D eigenvalue weighted by atomic mass is 16.6. The normalized spacial score (nSPS) is 29.0. The summed E-state index contributed by atoms with van der Waals surface area (Å²) in [5.74, 6) is 0. The summed E-state index contributed by atoms with van der Waals surface area (Å²) in [7, 11) is 0. The molecule has 2 saturated heterocycles. The smallest absolute Gasteiger partial charge is 0.0781 e. The molecular formula is C8H18O4. The molecule has 2 aliphatic heterocycles. The number of ether oxygens (including phenoxy) is 2. The highest BCUT2D eigenvalue weighted by Crippen LogP contribution is 2.04. The van der Waals surface area contributed by atoms with Gasteiger partial charge in [-0.05, 0) is 13.8 Å². The summed E-state index contributed by atoms with van der Waals surface area (Å²) in [6, 6.07) is 0. The molecule has 0 spiro atoms. The maximum absolute atomic E-state index is 7.62. The molecule has 2 unspecified atom stereocenters. The van der Waals surface area contributed by atoms with Gasteiger partial charge in [0.2, 0.25) is 0 Å². The summed E-state index contributed by atoms with van der Waals surface area (Å²) < 4.78 is 9.42. The second kappa shape index (κ2) is 7.49. The van der Waals surface area contributed by atoms with E-state index in [4.69, 9.17) is 19.7 Å². The van der Waals surface area contributed by atoms with Crippen LogP contribution in [0.2, 0.25) is 0 Å². The van der Waals surface area contributed by atoms with E-state index in [1.54, 1.807) is 0 Å². The second-order valence-electron chi connectivity index (χ2n) is 2.74. The Kier molecular flexibility index (Phi) is 7.39. The van der Waals surface area contributed by atoms with Gasteiger partial charge in [0.05, 0.1) is 38.6 Å². The number of hydrogen-bond donors (Lipinski definition) is 2. The minimum absolute atomic E-state index is 0.125.